The Morgan fingerprint density at radius 1 is 1.03 bits per heavy atom. The van der Waals surface area contributed by atoms with E-state index in [1.807, 2.05) is 42.5 Å². The topological polar surface area (TPSA) is 79.8 Å². The van der Waals surface area contributed by atoms with Crippen LogP contribution in [0.25, 0.3) is 11.1 Å². The van der Waals surface area contributed by atoms with Gasteiger partial charge in [0.05, 0.1) is 37.9 Å². The van der Waals surface area contributed by atoms with Gasteiger partial charge in [0.2, 0.25) is 5.91 Å². The molecule has 0 aromatic heterocycles. The van der Waals surface area contributed by atoms with E-state index in [0.717, 1.165) is 29.7 Å². The van der Waals surface area contributed by atoms with Gasteiger partial charge in [-0.25, -0.2) is 0 Å². The Bertz CT molecular complexity index is 796. The molecule has 0 aliphatic carbocycles. The van der Waals surface area contributed by atoms with Crippen LogP contribution in [0.15, 0.2) is 54.6 Å². The first-order chi connectivity index (χ1) is 14.2. The van der Waals surface area contributed by atoms with Crippen LogP contribution in [0.4, 0.5) is 5.69 Å². The fourth-order valence-electron chi connectivity index (χ4n) is 3.96. The number of hydrogen-bond donors (Lipinski definition) is 3. The van der Waals surface area contributed by atoms with E-state index in [-0.39, 0.29) is 24.2 Å². The molecule has 2 aromatic carbocycles. The van der Waals surface area contributed by atoms with Crippen molar-refractivity contribution in [1.82, 2.24) is 5.32 Å². The quantitative estimate of drug-likeness (QED) is 0.740. The molecule has 2 heterocycles. The first-order valence-electron chi connectivity index (χ1n) is 10.3. The van der Waals surface area contributed by atoms with Gasteiger partial charge in [-0.3, -0.25) is 4.79 Å². The summed E-state index contributed by atoms with van der Waals surface area (Å²) >= 11 is 0. The molecule has 0 spiro atoms. The van der Waals surface area contributed by atoms with Crippen molar-refractivity contribution in [2.75, 3.05) is 25.1 Å². The molecule has 2 aromatic rings. The number of aliphatic hydroxyl groups excluding tert-OH is 1. The van der Waals surface area contributed by atoms with E-state index in [9.17, 15) is 9.90 Å². The summed E-state index contributed by atoms with van der Waals surface area (Å²) in [6.45, 7) is 1.26. The number of β-amino-alcohol motifs (C(OH)–C–C–N with tert-alkyl or cyclic N) is 1. The largest absolute Gasteiger partial charge is 0.389 e. The molecule has 0 bridgehead atoms. The number of benzene rings is 2. The van der Waals surface area contributed by atoms with E-state index in [2.05, 4.69) is 22.8 Å². The summed E-state index contributed by atoms with van der Waals surface area (Å²) < 4.78 is 11.7. The lowest BCUT2D eigenvalue weighted by Crippen LogP contribution is -2.53. The summed E-state index contributed by atoms with van der Waals surface area (Å²) in [5.41, 5.74) is 3.05. The number of carbonyl (C=O) groups excluding carboxylic acids is 1. The van der Waals surface area contributed by atoms with Crippen molar-refractivity contribution in [3.63, 3.8) is 0 Å². The fourth-order valence-corrected chi connectivity index (χ4v) is 3.96. The first-order valence-corrected chi connectivity index (χ1v) is 10.3. The molecule has 0 saturated carbocycles. The predicted molar refractivity (Wildman–Crippen MR) is 112 cm³/mol. The lowest BCUT2D eigenvalue weighted by molar-refractivity contribution is -0.134. The number of aliphatic hydroxyl groups is 1. The zero-order valence-electron chi connectivity index (χ0n) is 16.4. The maximum Gasteiger partial charge on any atom is 0.226 e. The van der Waals surface area contributed by atoms with Crippen molar-refractivity contribution in [2.24, 2.45) is 0 Å². The smallest absolute Gasteiger partial charge is 0.226 e. The van der Waals surface area contributed by atoms with Crippen molar-refractivity contribution in [3.05, 3.63) is 54.6 Å². The second-order valence-corrected chi connectivity index (χ2v) is 7.78. The van der Waals surface area contributed by atoms with Crippen LogP contribution in [0.2, 0.25) is 0 Å². The molecule has 2 saturated heterocycles. The molecular weight excluding hydrogens is 368 g/mol. The van der Waals surface area contributed by atoms with Crippen LogP contribution in [0.5, 0.6) is 0 Å². The summed E-state index contributed by atoms with van der Waals surface area (Å²) in [6.07, 6.45) is 1.36. The number of fused-ring (bicyclic) bond motifs is 1. The lowest BCUT2D eigenvalue weighted by atomic mass is 9.96. The molecule has 6 nitrogen and oxygen atoms in total. The summed E-state index contributed by atoms with van der Waals surface area (Å²) in [5, 5.41) is 16.0. The van der Waals surface area contributed by atoms with Gasteiger partial charge < -0.3 is 25.2 Å². The minimum atomic E-state index is -0.479. The van der Waals surface area contributed by atoms with Gasteiger partial charge in [-0.05, 0) is 36.1 Å². The molecule has 4 atom stereocenters. The molecule has 2 fully saturated rings. The highest BCUT2D eigenvalue weighted by molar-refractivity contribution is 5.91. The van der Waals surface area contributed by atoms with Crippen molar-refractivity contribution in [3.8, 4) is 11.1 Å². The number of carbonyl (C=O) groups is 1. The van der Waals surface area contributed by atoms with Crippen LogP contribution in [-0.4, -0.2) is 55.1 Å². The van der Waals surface area contributed by atoms with E-state index in [1.54, 1.807) is 0 Å². The van der Waals surface area contributed by atoms with E-state index in [0.29, 0.717) is 26.2 Å². The molecular formula is C23H28N2O4. The van der Waals surface area contributed by atoms with Gasteiger partial charge in [-0.15, -0.1) is 0 Å². The van der Waals surface area contributed by atoms with Gasteiger partial charge in [0.15, 0.2) is 0 Å². The predicted octanol–water partition coefficient (Wildman–Crippen LogP) is 2.58. The van der Waals surface area contributed by atoms with E-state index in [1.165, 1.54) is 0 Å². The molecule has 3 N–H and O–H groups in total. The van der Waals surface area contributed by atoms with Gasteiger partial charge in [0.25, 0.3) is 0 Å². The zero-order valence-corrected chi connectivity index (χ0v) is 16.4. The van der Waals surface area contributed by atoms with Gasteiger partial charge in [0.1, 0.15) is 0 Å². The SMILES string of the molecule is O=C(C[C@H]1CC[C@H]2NC[C@H](O)COC[C@@H]2O1)Nc1ccc(-c2ccccc2)cc1. The summed E-state index contributed by atoms with van der Waals surface area (Å²) in [4.78, 5) is 12.5. The van der Waals surface area contributed by atoms with Crippen LogP contribution >= 0.6 is 0 Å². The van der Waals surface area contributed by atoms with Gasteiger partial charge >= 0.3 is 0 Å². The fraction of sp³-hybridized carbons (Fsp3) is 0.435. The van der Waals surface area contributed by atoms with E-state index in [4.69, 9.17) is 9.47 Å². The van der Waals surface area contributed by atoms with Crippen LogP contribution in [0.3, 0.4) is 0 Å². The van der Waals surface area contributed by atoms with Crippen LogP contribution < -0.4 is 10.6 Å². The molecule has 4 rings (SSSR count). The Balaban J connectivity index is 1.28. The zero-order chi connectivity index (χ0) is 20.1. The summed E-state index contributed by atoms with van der Waals surface area (Å²) in [6, 6.07) is 18.2. The maximum absolute atomic E-state index is 12.5. The number of anilines is 1. The van der Waals surface area contributed by atoms with Crippen LogP contribution in [-0.2, 0) is 14.3 Å². The minimum Gasteiger partial charge on any atom is -0.389 e. The Labute approximate surface area is 171 Å². The van der Waals surface area contributed by atoms with Crippen LogP contribution in [0.1, 0.15) is 19.3 Å². The van der Waals surface area contributed by atoms with Crippen LogP contribution in [0, 0.1) is 0 Å². The summed E-state index contributed by atoms with van der Waals surface area (Å²) in [7, 11) is 0. The molecule has 0 unspecified atom stereocenters. The van der Waals surface area contributed by atoms with Gasteiger partial charge in [-0.1, -0.05) is 42.5 Å². The monoisotopic (exact) mass is 396 g/mol. The van der Waals surface area contributed by atoms with Gasteiger partial charge in [0, 0.05) is 18.3 Å². The van der Waals surface area contributed by atoms with Crippen molar-refractivity contribution in [2.45, 2.75) is 43.6 Å². The van der Waals surface area contributed by atoms with E-state index >= 15 is 0 Å². The molecule has 29 heavy (non-hydrogen) atoms. The Hall–Kier alpha value is -2.25. The minimum absolute atomic E-state index is 0.0453. The second kappa shape index (κ2) is 9.50. The Kier molecular flexibility index (Phi) is 6.56. The Morgan fingerprint density at radius 2 is 1.79 bits per heavy atom. The number of amides is 1. The number of nitrogens with one attached hydrogen (secondary N) is 2. The summed E-state index contributed by atoms with van der Waals surface area (Å²) in [5.74, 6) is -0.0453. The Morgan fingerprint density at radius 3 is 2.59 bits per heavy atom. The molecule has 2 aliphatic rings. The number of ether oxygens (including phenoxy) is 2. The first kappa shape index (κ1) is 20.0. The van der Waals surface area contributed by atoms with Crippen molar-refractivity contribution >= 4 is 11.6 Å². The molecule has 1 amide bonds. The highest BCUT2D eigenvalue weighted by atomic mass is 16.5. The maximum atomic E-state index is 12.5. The molecule has 6 heteroatoms. The third kappa shape index (κ3) is 5.42. The highest BCUT2D eigenvalue weighted by Crippen LogP contribution is 2.25. The van der Waals surface area contributed by atoms with Crippen molar-refractivity contribution < 1.29 is 19.4 Å². The normalized spacial score (nSPS) is 27.3. The third-order valence-electron chi connectivity index (χ3n) is 5.51. The second-order valence-electron chi connectivity index (χ2n) is 7.78. The highest BCUT2D eigenvalue weighted by Gasteiger charge is 2.33. The molecule has 154 valence electrons. The molecule has 2 aliphatic heterocycles. The number of rotatable bonds is 4. The van der Waals surface area contributed by atoms with Crippen molar-refractivity contribution in [1.29, 1.82) is 0 Å². The average molecular weight is 396 g/mol. The lowest BCUT2D eigenvalue weighted by Gasteiger charge is -2.38. The standard InChI is InChI=1S/C23H28N2O4/c26-19-13-24-21-11-10-20(29-22(21)15-28-14-19)12-23(27)25-18-8-6-17(7-9-18)16-4-2-1-3-5-16/h1-9,19-22,24,26H,10-15H2,(H,25,27)/t19-,20+,21+,22-/m0/s1. The number of hydrogen-bond acceptors (Lipinski definition) is 5. The molecule has 0 radical (unpaired) electrons. The van der Waals surface area contributed by atoms with Gasteiger partial charge in [-0.2, -0.15) is 0 Å². The average Bonchev–Trinajstić information content (AvgIpc) is 2.73. The van der Waals surface area contributed by atoms with E-state index < -0.39 is 6.10 Å². The third-order valence-corrected chi connectivity index (χ3v) is 5.51.